The second kappa shape index (κ2) is 7.84. The van der Waals surface area contributed by atoms with Crippen LogP contribution < -0.4 is 0 Å². The number of rotatable bonds is 7. The molecule has 0 aliphatic carbocycles. The molecule has 0 radical (unpaired) electrons. The fraction of sp³-hybridized carbons (Fsp3) is 0.500. The van der Waals surface area contributed by atoms with Gasteiger partial charge in [-0.3, -0.25) is 0 Å². The van der Waals surface area contributed by atoms with Crippen molar-refractivity contribution < 1.29 is 19.7 Å². The molecule has 18 heavy (non-hydrogen) atoms. The molecule has 0 amide bonds. The van der Waals surface area contributed by atoms with Crippen molar-refractivity contribution in [3.8, 4) is 0 Å². The van der Waals surface area contributed by atoms with E-state index >= 15 is 0 Å². The number of carbonyl (C=O) groups is 1. The van der Waals surface area contributed by atoms with Gasteiger partial charge in [0.1, 0.15) is 6.10 Å². The number of ether oxygens (including phenoxy) is 1. The maximum atomic E-state index is 11.9. The van der Waals surface area contributed by atoms with Crippen LogP contribution in [-0.4, -0.2) is 35.5 Å². The predicted octanol–water partition coefficient (Wildman–Crippen LogP) is 1.54. The second-order valence-electron chi connectivity index (χ2n) is 4.15. The van der Waals surface area contributed by atoms with Gasteiger partial charge in [-0.05, 0) is 24.5 Å². The van der Waals surface area contributed by atoms with E-state index in [0.717, 1.165) is 24.8 Å². The monoisotopic (exact) mass is 252 g/mol. The van der Waals surface area contributed by atoms with Crippen LogP contribution >= 0.6 is 0 Å². The Balaban J connectivity index is 2.77. The van der Waals surface area contributed by atoms with Crippen molar-refractivity contribution in [1.82, 2.24) is 0 Å². The minimum Gasteiger partial charge on any atom is -0.454 e. The summed E-state index contributed by atoms with van der Waals surface area (Å²) in [7, 11) is 0. The van der Waals surface area contributed by atoms with Crippen LogP contribution in [0.5, 0.6) is 0 Å². The van der Waals surface area contributed by atoms with E-state index in [1.165, 1.54) is 0 Å². The van der Waals surface area contributed by atoms with E-state index in [1.807, 2.05) is 12.1 Å². The van der Waals surface area contributed by atoms with Gasteiger partial charge in [0.15, 0.2) is 0 Å². The van der Waals surface area contributed by atoms with Gasteiger partial charge in [-0.2, -0.15) is 0 Å². The van der Waals surface area contributed by atoms with Gasteiger partial charge in [0.05, 0.1) is 18.8 Å². The summed E-state index contributed by atoms with van der Waals surface area (Å²) in [4.78, 5) is 11.9. The van der Waals surface area contributed by atoms with Gasteiger partial charge < -0.3 is 14.9 Å². The first-order chi connectivity index (χ1) is 8.72. The van der Waals surface area contributed by atoms with Crippen LogP contribution in [0.1, 0.15) is 35.7 Å². The van der Waals surface area contributed by atoms with Gasteiger partial charge in [-0.25, -0.2) is 4.79 Å². The Morgan fingerprint density at radius 3 is 2.56 bits per heavy atom. The molecule has 2 N–H and O–H groups in total. The highest BCUT2D eigenvalue weighted by molar-refractivity contribution is 5.91. The van der Waals surface area contributed by atoms with Crippen molar-refractivity contribution in [1.29, 1.82) is 0 Å². The topological polar surface area (TPSA) is 66.8 Å². The summed E-state index contributed by atoms with van der Waals surface area (Å²) < 4.78 is 5.02. The zero-order valence-corrected chi connectivity index (χ0v) is 10.6. The van der Waals surface area contributed by atoms with Crippen LogP contribution in [0.4, 0.5) is 0 Å². The average molecular weight is 252 g/mol. The van der Waals surface area contributed by atoms with Crippen molar-refractivity contribution in [3.05, 3.63) is 35.4 Å². The molecule has 0 fully saturated rings. The Morgan fingerprint density at radius 1 is 1.28 bits per heavy atom. The standard InChI is InChI=1S/C14H20O4/c1-2-3-6-11-7-4-5-8-13(11)14(17)18-12(9-15)10-16/h4-5,7-8,12,15-16H,2-3,6,9-10H2,1H3. The number of esters is 1. The molecule has 0 aliphatic rings. The van der Waals surface area contributed by atoms with E-state index in [-0.39, 0.29) is 13.2 Å². The smallest absolute Gasteiger partial charge is 0.338 e. The zero-order valence-electron chi connectivity index (χ0n) is 10.6. The molecule has 1 rings (SSSR count). The van der Waals surface area contributed by atoms with Gasteiger partial charge in [0.2, 0.25) is 0 Å². The molecule has 4 heteroatoms. The molecule has 100 valence electrons. The quantitative estimate of drug-likeness (QED) is 0.722. The first-order valence-electron chi connectivity index (χ1n) is 6.23. The third kappa shape index (κ3) is 4.13. The summed E-state index contributed by atoms with van der Waals surface area (Å²) in [6.45, 7) is 1.34. The fourth-order valence-electron chi connectivity index (χ4n) is 1.65. The minimum absolute atomic E-state index is 0.376. The van der Waals surface area contributed by atoms with Crippen molar-refractivity contribution >= 4 is 5.97 Å². The molecular formula is C14H20O4. The number of benzene rings is 1. The summed E-state index contributed by atoms with van der Waals surface area (Å²) in [5.41, 5.74) is 1.46. The van der Waals surface area contributed by atoms with Gasteiger partial charge in [0, 0.05) is 0 Å². The highest BCUT2D eigenvalue weighted by Crippen LogP contribution is 2.14. The van der Waals surface area contributed by atoms with Crippen LogP contribution in [0.3, 0.4) is 0 Å². The van der Waals surface area contributed by atoms with E-state index in [0.29, 0.717) is 5.56 Å². The summed E-state index contributed by atoms with van der Waals surface area (Å²) in [6.07, 6.45) is 2.04. The lowest BCUT2D eigenvalue weighted by atomic mass is 10.0. The number of carbonyl (C=O) groups excluding carboxylic acids is 1. The van der Waals surface area contributed by atoms with E-state index in [9.17, 15) is 4.79 Å². The summed E-state index contributed by atoms with van der Waals surface area (Å²) in [5, 5.41) is 17.8. The summed E-state index contributed by atoms with van der Waals surface area (Å²) >= 11 is 0. The number of aliphatic hydroxyl groups is 2. The van der Waals surface area contributed by atoms with Gasteiger partial charge >= 0.3 is 5.97 Å². The first-order valence-corrected chi connectivity index (χ1v) is 6.23. The molecule has 0 saturated carbocycles. The van der Waals surface area contributed by atoms with Gasteiger partial charge in [-0.1, -0.05) is 31.5 Å². The highest BCUT2D eigenvalue weighted by Gasteiger charge is 2.16. The Hall–Kier alpha value is -1.39. The number of unbranched alkanes of at least 4 members (excludes halogenated alkanes) is 1. The molecular weight excluding hydrogens is 232 g/mol. The van der Waals surface area contributed by atoms with Crippen molar-refractivity contribution in [2.45, 2.75) is 32.3 Å². The molecule has 0 saturated heterocycles. The van der Waals surface area contributed by atoms with Crippen molar-refractivity contribution in [2.24, 2.45) is 0 Å². The molecule has 0 aliphatic heterocycles. The van der Waals surface area contributed by atoms with Gasteiger partial charge in [-0.15, -0.1) is 0 Å². The number of hydrogen-bond acceptors (Lipinski definition) is 4. The number of hydrogen-bond donors (Lipinski definition) is 2. The molecule has 1 aromatic rings. The van der Waals surface area contributed by atoms with Crippen LogP contribution in [0.15, 0.2) is 24.3 Å². The zero-order chi connectivity index (χ0) is 13.4. The van der Waals surface area contributed by atoms with Crippen LogP contribution in [-0.2, 0) is 11.2 Å². The molecule has 0 aromatic heterocycles. The SMILES string of the molecule is CCCCc1ccccc1C(=O)OC(CO)CO. The van der Waals surface area contributed by atoms with E-state index in [1.54, 1.807) is 12.1 Å². The predicted molar refractivity (Wildman–Crippen MR) is 68.4 cm³/mol. The maximum Gasteiger partial charge on any atom is 0.338 e. The van der Waals surface area contributed by atoms with Crippen LogP contribution in [0.25, 0.3) is 0 Å². The molecule has 0 unspecified atom stereocenters. The van der Waals surface area contributed by atoms with Crippen molar-refractivity contribution in [3.63, 3.8) is 0 Å². The molecule has 1 aromatic carbocycles. The molecule has 0 bridgehead atoms. The highest BCUT2D eigenvalue weighted by atomic mass is 16.6. The van der Waals surface area contributed by atoms with Gasteiger partial charge in [0.25, 0.3) is 0 Å². The average Bonchev–Trinajstić information content (AvgIpc) is 2.42. The molecule has 0 spiro atoms. The fourth-order valence-corrected chi connectivity index (χ4v) is 1.65. The van der Waals surface area contributed by atoms with Crippen LogP contribution in [0, 0.1) is 0 Å². The normalized spacial score (nSPS) is 10.7. The number of aryl methyl sites for hydroxylation is 1. The first kappa shape index (κ1) is 14.7. The second-order valence-corrected chi connectivity index (χ2v) is 4.15. The molecule has 0 atom stereocenters. The lowest BCUT2D eigenvalue weighted by Crippen LogP contribution is -2.26. The van der Waals surface area contributed by atoms with Crippen LogP contribution in [0.2, 0.25) is 0 Å². The Kier molecular flexibility index (Phi) is 6.39. The summed E-state index contributed by atoms with van der Waals surface area (Å²) in [5.74, 6) is -0.491. The number of aliphatic hydroxyl groups excluding tert-OH is 2. The largest absolute Gasteiger partial charge is 0.454 e. The third-order valence-electron chi connectivity index (χ3n) is 2.72. The molecule has 0 heterocycles. The Bertz CT molecular complexity index is 372. The minimum atomic E-state index is -0.850. The van der Waals surface area contributed by atoms with Crippen molar-refractivity contribution in [2.75, 3.05) is 13.2 Å². The maximum absolute atomic E-state index is 11.9. The summed E-state index contributed by atoms with van der Waals surface area (Å²) in [6, 6.07) is 7.27. The van der Waals surface area contributed by atoms with E-state index in [2.05, 4.69) is 6.92 Å². The lowest BCUT2D eigenvalue weighted by Gasteiger charge is -2.14. The van der Waals surface area contributed by atoms with E-state index < -0.39 is 12.1 Å². The molecule has 4 nitrogen and oxygen atoms in total. The Morgan fingerprint density at radius 2 is 1.94 bits per heavy atom. The van der Waals surface area contributed by atoms with E-state index in [4.69, 9.17) is 14.9 Å². The Labute approximate surface area is 107 Å². The third-order valence-corrected chi connectivity index (χ3v) is 2.72. The lowest BCUT2D eigenvalue weighted by molar-refractivity contribution is -0.00554.